The van der Waals surface area contributed by atoms with Gasteiger partial charge in [-0.25, -0.2) is 0 Å². The van der Waals surface area contributed by atoms with E-state index < -0.39 is 0 Å². The van der Waals surface area contributed by atoms with Crippen molar-refractivity contribution in [1.29, 1.82) is 0 Å². The number of anilines is 3. The van der Waals surface area contributed by atoms with Crippen molar-refractivity contribution in [2.75, 3.05) is 4.90 Å². The molecule has 54 heavy (non-hydrogen) atoms. The molecule has 256 valence electrons. The van der Waals surface area contributed by atoms with Gasteiger partial charge in [-0.05, 0) is 99.6 Å². The van der Waals surface area contributed by atoms with Crippen LogP contribution < -0.4 is 4.90 Å². The van der Waals surface area contributed by atoms with Gasteiger partial charge in [0.05, 0.1) is 5.69 Å². The molecule has 3 heteroatoms. The van der Waals surface area contributed by atoms with Crippen LogP contribution in [-0.4, -0.2) is 0 Å². The minimum Gasteiger partial charge on any atom is -0.456 e. The number of hydrogen-bond acceptors (Lipinski definition) is 3. The van der Waals surface area contributed by atoms with Gasteiger partial charge < -0.3 is 9.32 Å². The monoisotopic (exact) mass is 709 g/mol. The lowest BCUT2D eigenvalue weighted by atomic mass is 9.82. The Hall–Kier alpha value is -6.42. The normalized spacial score (nSPS) is 13.1. The highest BCUT2D eigenvalue weighted by Gasteiger charge is 2.36. The molecule has 0 unspecified atom stereocenters. The summed E-state index contributed by atoms with van der Waals surface area (Å²) in [4.78, 5) is 2.42. The number of rotatable bonds is 5. The number of fused-ring (bicyclic) bond motifs is 9. The molecule has 0 fully saturated rings. The molecule has 1 aliphatic rings. The second-order valence-electron chi connectivity index (χ2n) is 14.9. The minimum atomic E-state index is -0.132. The average Bonchev–Trinajstić information content (AvgIpc) is 3.85. The smallest absolute Gasteiger partial charge is 0.137 e. The number of furan rings is 1. The van der Waals surface area contributed by atoms with E-state index in [9.17, 15) is 0 Å². The van der Waals surface area contributed by atoms with E-state index in [0.717, 1.165) is 44.6 Å². The lowest BCUT2D eigenvalue weighted by molar-refractivity contribution is 0.660. The Labute approximate surface area is 318 Å². The Morgan fingerprint density at radius 1 is 0.426 bits per heavy atom. The zero-order valence-electron chi connectivity index (χ0n) is 30.0. The van der Waals surface area contributed by atoms with Crippen molar-refractivity contribution in [3.63, 3.8) is 0 Å². The lowest BCUT2D eigenvalue weighted by Gasteiger charge is -2.30. The summed E-state index contributed by atoms with van der Waals surface area (Å²) >= 11 is 1.86. The molecule has 0 bridgehead atoms. The van der Waals surface area contributed by atoms with Gasteiger partial charge in [0, 0.05) is 59.4 Å². The molecule has 2 aromatic heterocycles. The van der Waals surface area contributed by atoms with Crippen molar-refractivity contribution in [2.45, 2.75) is 19.3 Å². The summed E-state index contributed by atoms with van der Waals surface area (Å²) in [6.45, 7) is 4.70. The van der Waals surface area contributed by atoms with E-state index in [0.29, 0.717) is 0 Å². The molecule has 10 aromatic rings. The van der Waals surface area contributed by atoms with Gasteiger partial charge in [0.25, 0.3) is 0 Å². The van der Waals surface area contributed by atoms with Crippen LogP contribution >= 0.6 is 11.3 Å². The number of nitrogens with zero attached hydrogens (tertiary/aromatic N) is 1. The fraction of sp³-hybridized carbons (Fsp3) is 0.0588. The van der Waals surface area contributed by atoms with Crippen molar-refractivity contribution in [1.82, 2.24) is 0 Å². The standard InChI is InChI=1S/C51H35NOS/c1-51(2)44-17-9-6-14-37(44)38-24-22-35(30-45(38)51)52(36-23-25-40-39-15-7-10-18-47(39)53-48(40)31-36)46-26-20-33(28-42(46)32-12-4-3-5-13-32)34-21-27-50-43(29-34)41-16-8-11-19-49(41)54-50/h3-31H,1-2H3. The maximum atomic E-state index is 6.49. The van der Waals surface area contributed by atoms with E-state index in [4.69, 9.17) is 4.42 Å². The van der Waals surface area contributed by atoms with E-state index in [-0.39, 0.29) is 5.41 Å². The predicted molar refractivity (Wildman–Crippen MR) is 230 cm³/mol. The van der Waals surface area contributed by atoms with Crippen molar-refractivity contribution in [2.24, 2.45) is 0 Å². The second kappa shape index (κ2) is 11.8. The topological polar surface area (TPSA) is 16.4 Å². The van der Waals surface area contributed by atoms with E-state index in [1.165, 1.54) is 59.1 Å². The van der Waals surface area contributed by atoms with Crippen LogP contribution in [0.1, 0.15) is 25.0 Å². The lowest BCUT2D eigenvalue weighted by Crippen LogP contribution is -2.17. The van der Waals surface area contributed by atoms with E-state index in [1.807, 2.05) is 17.4 Å². The van der Waals surface area contributed by atoms with E-state index >= 15 is 0 Å². The highest BCUT2D eigenvalue weighted by Crippen LogP contribution is 2.52. The molecule has 0 N–H and O–H groups in total. The Morgan fingerprint density at radius 2 is 1.09 bits per heavy atom. The molecule has 0 saturated heterocycles. The quantitative estimate of drug-likeness (QED) is 0.177. The van der Waals surface area contributed by atoms with Gasteiger partial charge in [-0.1, -0.05) is 123 Å². The van der Waals surface area contributed by atoms with Gasteiger partial charge in [-0.2, -0.15) is 0 Å². The van der Waals surface area contributed by atoms with Crippen molar-refractivity contribution in [3.8, 4) is 33.4 Å². The Bertz CT molecular complexity index is 3090. The van der Waals surface area contributed by atoms with Crippen molar-refractivity contribution < 1.29 is 4.42 Å². The third kappa shape index (κ3) is 4.72. The first-order valence-corrected chi connectivity index (χ1v) is 19.4. The van der Waals surface area contributed by atoms with E-state index in [2.05, 4.69) is 189 Å². The summed E-state index contributed by atoms with van der Waals surface area (Å²) in [5.74, 6) is 0. The number of para-hydroxylation sites is 1. The zero-order chi connectivity index (χ0) is 36.0. The zero-order valence-corrected chi connectivity index (χ0v) is 30.8. The van der Waals surface area contributed by atoms with Gasteiger partial charge in [0.1, 0.15) is 11.2 Å². The molecule has 0 aliphatic heterocycles. The van der Waals surface area contributed by atoms with Crippen LogP contribution in [0.25, 0.3) is 75.5 Å². The summed E-state index contributed by atoms with van der Waals surface area (Å²) in [5.41, 5.74) is 15.0. The van der Waals surface area contributed by atoms with Crippen LogP contribution in [0.5, 0.6) is 0 Å². The number of thiophene rings is 1. The van der Waals surface area contributed by atoms with Gasteiger partial charge >= 0.3 is 0 Å². The molecule has 1 aliphatic carbocycles. The molecule has 0 spiro atoms. The van der Waals surface area contributed by atoms with E-state index in [1.54, 1.807) is 0 Å². The molecule has 0 atom stereocenters. The molecule has 8 aromatic carbocycles. The van der Waals surface area contributed by atoms with Gasteiger partial charge in [0.15, 0.2) is 0 Å². The SMILES string of the molecule is CC1(C)c2ccccc2-c2ccc(N(c3ccc4c(c3)oc3ccccc34)c3ccc(-c4ccc5sc6ccccc6c5c4)cc3-c3ccccc3)cc21. The van der Waals surface area contributed by atoms with Crippen LogP contribution in [0.15, 0.2) is 180 Å². The van der Waals surface area contributed by atoms with Crippen molar-refractivity contribution in [3.05, 3.63) is 187 Å². The minimum absolute atomic E-state index is 0.132. The highest BCUT2D eigenvalue weighted by molar-refractivity contribution is 7.25. The molecule has 2 nitrogen and oxygen atoms in total. The maximum absolute atomic E-state index is 6.49. The summed E-state index contributed by atoms with van der Waals surface area (Å²) < 4.78 is 9.12. The molecule has 0 radical (unpaired) electrons. The molecular weight excluding hydrogens is 675 g/mol. The third-order valence-electron chi connectivity index (χ3n) is 11.5. The fourth-order valence-electron chi connectivity index (χ4n) is 8.78. The van der Waals surface area contributed by atoms with Gasteiger partial charge in [0.2, 0.25) is 0 Å². The molecule has 0 saturated carbocycles. The van der Waals surface area contributed by atoms with Gasteiger partial charge in [-0.15, -0.1) is 11.3 Å². The first-order chi connectivity index (χ1) is 26.5. The largest absolute Gasteiger partial charge is 0.456 e. The molecule has 11 rings (SSSR count). The first-order valence-electron chi connectivity index (χ1n) is 18.6. The van der Waals surface area contributed by atoms with Crippen LogP contribution in [0.2, 0.25) is 0 Å². The average molecular weight is 710 g/mol. The second-order valence-corrected chi connectivity index (χ2v) is 16.0. The molecule has 0 amide bonds. The van der Waals surface area contributed by atoms with Crippen LogP contribution in [-0.2, 0) is 5.41 Å². The number of hydrogen-bond donors (Lipinski definition) is 0. The van der Waals surface area contributed by atoms with Crippen LogP contribution in [0, 0.1) is 0 Å². The maximum Gasteiger partial charge on any atom is 0.137 e. The Balaban J connectivity index is 1.14. The Morgan fingerprint density at radius 3 is 2.00 bits per heavy atom. The summed E-state index contributed by atoms with van der Waals surface area (Å²) in [7, 11) is 0. The summed E-state index contributed by atoms with van der Waals surface area (Å²) in [6.07, 6.45) is 0. The fourth-order valence-corrected chi connectivity index (χ4v) is 9.86. The third-order valence-corrected chi connectivity index (χ3v) is 12.6. The first kappa shape index (κ1) is 31.1. The highest BCUT2D eigenvalue weighted by atomic mass is 32.1. The van der Waals surface area contributed by atoms with Crippen molar-refractivity contribution >= 4 is 70.5 Å². The van der Waals surface area contributed by atoms with Crippen LogP contribution in [0.4, 0.5) is 17.1 Å². The van der Waals surface area contributed by atoms with Gasteiger partial charge in [-0.3, -0.25) is 0 Å². The molecule has 2 heterocycles. The predicted octanol–water partition coefficient (Wildman–Crippen LogP) is 15.1. The Kier molecular flexibility index (Phi) is 6.80. The number of benzene rings is 8. The summed E-state index contributed by atoms with van der Waals surface area (Å²) in [5, 5.41) is 4.87. The summed E-state index contributed by atoms with van der Waals surface area (Å²) in [6, 6.07) is 64.3. The van der Waals surface area contributed by atoms with Crippen LogP contribution in [0.3, 0.4) is 0 Å². The molecular formula is C51H35NOS.